The van der Waals surface area contributed by atoms with Gasteiger partial charge in [0.25, 0.3) is 5.56 Å². The largest absolute Gasteiger partial charge is 0.356 e. The van der Waals surface area contributed by atoms with Crippen LogP contribution in [0.3, 0.4) is 0 Å². The van der Waals surface area contributed by atoms with Gasteiger partial charge in [0.1, 0.15) is 17.6 Å². The van der Waals surface area contributed by atoms with Gasteiger partial charge in [0.15, 0.2) is 10.8 Å². The Morgan fingerprint density at radius 2 is 2.06 bits per heavy atom. The molecule has 3 aromatic rings. The fraction of sp³-hybridized carbons (Fsp3) is 0.458. The molecule has 1 aliphatic heterocycles. The van der Waals surface area contributed by atoms with Crippen molar-refractivity contribution in [3.05, 3.63) is 46.5 Å². The maximum atomic E-state index is 13.1. The molecule has 1 unspecified atom stereocenters. The van der Waals surface area contributed by atoms with Crippen LogP contribution in [0.5, 0.6) is 0 Å². The molecule has 1 atom stereocenters. The summed E-state index contributed by atoms with van der Waals surface area (Å²) in [5, 5.41) is 6.55. The molecule has 2 amide bonds. The van der Waals surface area contributed by atoms with E-state index in [0.717, 1.165) is 43.5 Å². The van der Waals surface area contributed by atoms with Gasteiger partial charge >= 0.3 is 0 Å². The number of rotatable bonds is 8. The number of amides is 2. The number of hydrogen-bond donors (Lipinski definition) is 2. The molecular formula is C24H30N6O3S. The quantitative estimate of drug-likeness (QED) is 0.511. The highest BCUT2D eigenvalue weighted by molar-refractivity contribution is 7.22. The number of thiazole rings is 1. The molecule has 1 fully saturated rings. The van der Waals surface area contributed by atoms with Crippen molar-refractivity contribution in [1.29, 1.82) is 0 Å². The van der Waals surface area contributed by atoms with E-state index in [0.29, 0.717) is 28.6 Å². The number of benzene rings is 1. The molecule has 34 heavy (non-hydrogen) atoms. The van der Waals surface area contributed by atoms with Gasteiger partial charge in [-0.05, 0) is 37.3 Å². The zero-order chi connectivity index (χ0) is 24.1. The first-order chi connectivity index (χ1) is 16.5. The van der Waals surface area contributed by atoms with E-state index >= 15 is 0 Å². The van der Waals surface area contributed by atoms with Gasteiger partial charge < -0.3 is 15.5 Å². The molecule has 1 aromatic carbocycles. The highest BCUT2D eigenvalue weighted by Gasteiger charge is 2.27. The minimum Gasteiger partial charge on any atom is -0.356 e. The minimum absolute atomic E-state index is 0.0730. The number of carbonyl (C=O) groups is 2. The van der Waals surface area contributed by atoms with E-state index < -0.39 is 0 Å². The van der Waals surface area contributed by atoms with E-state index in [1.54, 1.807) is 0 Å². The summed E-state index contributed by atoms with van der Waals surface area (Å²) in [5.41, 5.74) is 1.87. The molecule has 0 spiro atoms. The Bertz CT molecular complexity index is 1240. The standard InChI is InChI=1S/C24H30N6O3S/c1-3-11-25-22(32)17-9-7-12-29(13-17)24-28-21-20(34-24)23(33)30(15-26-21)14-19(31)27-18-10-6-5-8-16(18)4-2/h5-6,8,10,15,17H,3-4,7,9,11-14H2,1-2H3,(H,25,32)(H,27,31). The lowest BCUT2D eigenvalue weighted by molar-refractivity contribution is -0.125. The van der Waals surface area contributed by atoms with Crippen LogP contribution in [0.1, 0.15) is 38.7 Å². The number of nitrogens with zero attached hydrogens (tertiary/aromatic N) is 4. The van der Waals surface area contributed by atoms with Gasteiger partial charge in [0.2, 0.25) is 11.8 Å². The van der Waals surface area contributed by atoms with E-state index in [2.05, 4.69) is 25.5 Å². The molecule has 0 radical (unpaired) electrons. The van der Waals surface area contributed by atoms with Gasteiger partial charge in [-0.15, -0.1) is 0 Å². The molecule has 9 nitrogen and oxygen atoms in total. The summed E-state index contributed by atoms with van der Waals surface area (Å²) in [6.45, 7) is 5.96. The Morgan fingerprint density at radius 1 is 1.24 bits per heavy atom. The van der Waals surface area contributed by atoms with Gasteiger partial charge in [0.05, 0.1) is 5.92 Å². The molecule has 180 valence electrons. The van der Waals surface area contributed by atoms with Crippen LogP contribution < -0.4 is 21.1 Å². The summed E-state index contributed by atoms with van der Waals surface area (Å²) in [4.78, 5) is 49.0. The first kappa shape index (κ1) is 23.9. The number of anilines is 2. The lowest BCUT2D eigenvalue weighted by atomic mass is 9.97. The first-order valence-electron chi connectivity index (χ1n) is 11.8. The van der Waals surface area contributed by atoms with Gasteiger partial charge in [0, 0.05) is 25.3 Å². The molecule has 4 rings (SSSR count). The van der Waals surface area contributed by atoms with Gasteiger partial charge in [-0.1, -0.05) is 43.4 Å². The lowest BCUT2D eigenvalue weighted by Crippen LogP contribution is -2.43. The summed E-state index contributed by atoms with van der Waals surface area (Å²) < 4.78 is 1.72. The van der Waals surface area contributed by atoms with E-state index in [1.165, 1.54) is 22.2 Å². The molecule has 2 N–H and O–H groups in total. The van der Waals surface area contributed by atoms with Crippen molar-refractivity contribution in [2.45, 2.75) is 46.1 Å². The van der Waals surface area contributed by atoms with Crippen molar-refractivity contribution in [3.63, 3.8) is 0 Å². The molecule has 10 heteroatoms. The van der Waals surface area contributed by atoms with Crippen LogP contribution >= 0.6 is 11.3 Å². The SMILES string of the molecule is CCCNC(=O)C1CCCN(c2nc3ncn(CC(=O)Nc4ccccc4CC)c(=O)c3s2)C1. The fourth-order valence-electron chi connectivity index (χ4n) is 4.14. The second kappa shape index (κ2) is 10.8. The molecule has 0 bridgehead atoms. The van der Waals surface area contributed by atoms with Crippen molar-refractivity contribution in [2.75, 3.05) is 29.9 Å². The van der Waals surface area contributed by atoms with E-state index in [9.17, 15) is 14.4 Å². The van der Waals surface area contributed by atoms with Crippen molar-refractivity contribution in [3.8, 4) is 0 Å². The van der Waals surface area contributed by atoms with E-state index in [-0.39, 0.29) is 29.8 Å². The van der Waals surface area contributed by atoms with Crippen molar-refractivity contribution >= 4 is 44.3 Å². The van der Waals surface area contributed by atoms with Crippen molar-refractivity contribution in [1.82, 2.24) is 19.9 Å². The second-order valence-electron chi connectivity index (χ2n) is 8.46. The Morgan fingerprint density at radius 3 is 2.85 bits per heavy atom. The predicted molar refractivity (Wildman–Crippen MR) is 134 cm³/mol. The van der Waals surface area contributed by atoms with Crippen LogP contribution in [0.25, 0.3) is 10.3 Å². The number of aromatic nitrogens is 3. The normalized spacial score (nSPS) is 15.9. The molecule has 1 aliphatic rings. The van der Waals surface area contributed by atoms with E-state index in [1.807, 2.05) is 38.1 Å². The average Bonchev–Trinajstić information content (AvgIpc) is 3.30. The number of piperidine rings is 1. The van der Waals surface area contributed by atoms with Crippen LogP contribution in [-0.2, 0) is 22.6 Å². The lowest BCUT2D eigenvalue weighted by Gasteiger charge is -2.31. The molecule has 3 heterocycles. The van der Waals surface area contributed by atoms with Gasteiger partial charge in [-0.2, -0.15) is 4.98 Å². The summed E-state index contributed by atoms with van der Waals surface area (Å²) in [7, 11) is 0. The van der Waals surface area contributed by atoms with Gasteiger partial charge in [-0.25, -0.2) is 4.98 Å². The van der Waals surface area contributed by atoms with Crippen LogP contribution in [0.15, 0.2) is 35.4 Å². The Hall–Kier alpha value is -3.27. The zero-order valence-electron chi connectivity index (χ0n) is 19.5. The highest BCUT2D eigenvalue weighted by atomic mass is 32.1. The maximum Gasteiger partial charge on any atom is 0.273 e. The zero-order valence-corrected chi connectivity index (χ0v) is 20.4. The van der Waals surface area contributed by atoms with Crippen molar-refractivity contribution in [2.24, 2.45) is 5.92 Å². The number of nitrogens with one attached hydrogen (secondary N) is 2. The third kappa shape index (κ3) is 5.27. The van der Waals surface area contributed by atoms with Crippen LogP contribution in [0.2, 0.25) is 0 Å². The molecule has 2 aromatic heterocycles. The first-order valence-corrected chi connectivity index (χ1v) is 12.6. The van der Waals surface area contributed by atoms with Gasteiger partial charge in [-0.3, -0.25) is 19.0 Å². The molecule has 0 aliphatic carbocycles. The van der Waals surface area contributed by atoms with Crippen LogP contribution in [0, 0.1) is 5.92 Å². The van der Waals surface area contributed by atoms with Crippen LogP contribution in [0.4, 0.5) is 10.8 Å². The van der Waals surface area contributed by atoms with Crippen molar-refractivity contribution < 1.29 is 9.59 Å². The number of aryl methyl sites for hydroxylation is 1. The topological polar surface area (TPSA) is 109 Å². The fourth-order valence-corrected chi connectivity index (χ4v) is 5.14. The molecule has 1 saturated heterocycles. The average molecular weight is 483 g/mol. The minimum atomic E-state index is -0.290. The number of para-hydroxylation sites is 1. The maximum absolute atomic E-state index is 13.1. The Kier molecular flexibility index (Phi) is 7.56. The Labute approximate surface area is 202 Å². The number of fused-ring (bicyclic) bond motifs is 1. The Balaban J connectivity index is 1.48. The summed E-state index contributed by atoms with van der Waals surface area (Å²) in [6.07, 6.45) is 4.80. The third-order valence-electron chi connectivity index (χ3n) is 5.97. The third-order valence-corrected chi connectivity index (χ3v) is 7.06. The summed E-state index contributed by atoms with van der Waals surface area (Å²) >= 11 is 1.27. The smallest absolute Gasteiger partial charge is 0.273 e. The van der Waals surface area contributed by atoms with E-state index in [4.69, 9.17) is 0 Å². The molecule has 0 saturated carbocycles. The summed E-state index contributed by atoms with van der Waals surface area (Å²) in [6, 6.07) is 7.62. The van der Waals surface area contributed by atoms with Crippen LogP contribution in [-0.4, -0.2) is 46.0 Å². The monoisotopic (exact) mass is 482 g/mol. The molecular weight excluding hydrogens is 452 g/mol. The predicted octanol–water partition coefficient (Wildman–Crippen LogP) is 2.80. The highest BCUT2D eigenvalue weighted by Crippen LogP contribution is 2.29. The summed E-state index contributed by atoms with van der Waals surface area (Å²) in [5.74, 6) is -0.304. The number of carbonyl (C=O) groups excluding carboxylic acids is 2. The number of hydrogen-bond acceptors (Lipinski definition) is 7. The second-order valence-corrected chi connectivity index (χ2v) is 9.44.